The second-order valence-corrected chi connectivity index (χ2v) is 5.15. The molecule has 0 saturated carbocycles. The van der Waals surface area contributed by atoms with Gasteiger partial charge < -0.3 is 9.30 Å². The predicted octanol–water partition coefficient (Wildman–Crippen LogP) is 1.90. The Balaban J connectivity index is 2.61. The molecule has 0 aliphatic rings. The molecule has 0 atom stereocenters. The Hall–Kier alpha value is -1.91. The maximum absolute atomic E-state index is 11.4. The molecular weight excluding hydrogens is 230 g/mol. The Bertz CT molecular complexity index is 581. The first-order valence-electron chi connectivity index (χ1n) is 5.82. The average Bonchev–Trinajstić information content (AvgIpc) is 2.65. The summed E-state index contributed by atoms with van der Waals surface area (Å²) in [6.07, 6.45) is 3.61. The number of imidazole rings is 1. The van der Waals surface area contributed by atoms with Crippen molar-refractivity contribution in [2.24, 2.45) is 0 Å². The van der Waals surface area contributed by atoms with Gasteiger partial charge in [0, 0.05) is 11.7 Å². The number of fused-ring (bicyclic) bond motifs is 1. The molecular formula is C13H17N3O2. The average molecular weight is 247 g/mol. The Morgan fingerprint density at radius 2 is 2.17 bits per heavy atom. The van der Waals surface area contributed by atoms with E-state index in [4.69, 9.17) is 4.74 Å². The molecule has 2 aromatic heterocycles. The van der Waals surface area contributed by atoms with E-state index in [0.29, 0.717) is 5.82 Å². The fourth-order valence-electron chi connectivity index (χ4n) is 2.05. The minimum absolute atomic E-state index is 0.153. The van der Waals surface area contributed by atoms with Crippen LogP contribution in [0.15, 0.2) is 18.5 Å². The molecule has 18 heavy (non-hydrogen) atoms. The van der Waals surface area contributed by atoms with Gasteiger partial charge in [0.1, 0.15) is 17.8 Å². The number of ether oxygens (including phenoxy) is 1. The number of methoxy groups -OCH3 is 1. The Kier molecular flexibility index (Phi) is 3.07. The van der Waals surface area contributed by atoms with Crippen LogP contribution in [0.1, 0.15) is 26.6 Å². The van der Waals surface area contributed by atoms with E-state index in [2.05, 4.69) is 35.3 Å². The molecule has 0 N–H and O–H groups in total. The zero-order valence-corrected chi connectivity index (χ0v) is 11.1. The summed E-state index contributed by atoms with van der Waals surface area (Å²) in [6.45, 7) is 6.24. The lowest BCUT2D eigenvalue weighted by molar-refractivity contribution is -0.140. The van der Waals surface area contributed by atoms with Gasteiger partial charge >= 0.3 is 5.97 Å². The van der Waals surface area contributed by atoms with Gasteiger partial charge in [-0.15, -0.1) is 0 Å². The van der Waals surface area contributed by atoms with Crippen LogP contribution in [-0.4, -0.2) is 27.6 Å². The summed E-state index contributed by atoms with van der Waals surface area (Å²) in [5, 5.41) is 0. The molecule has 2 heterocycles. The van der Waals surface area contributed by atoms with E-state index in [9.17, 15) is 4.79 Å². The molecule has 0 saturated heterocycles. The molecule has 0 aliphatic heterocycles. The monoisotopic (exact) mass is 247 g/mol. The van der Waals surface area contributed by atoms with Crippen LogP contribution in [0.2, 0.25) is 0 Å². The molecule has 0 aliphatic carbocycles. The zero-order valence-electron chi connectivity index (χ0n) is 11.1. The molecule has 0 unspecified atom stereocenters. The van der Waals surface area contributed by atoms with Crippen molar-refractivity contribution in [1.29, 1.82) is 0 Å². The normalized spacial score (nSPS) is 11.8. The minimum atomic E-state index is -0.288. The highest BCUT2D eigenvalue weighted by Crippen LogP contribution is 2.24. The van der Waals surface area contributed by atoms with Crippen LogP contribution in [-0.2, 0) is 21.5 Å². The van der Waals surface area contributed by atoms with Crippen LogP contribution in [0, 0.1) is 0 Å². The molecule has 2 aromatic rings. The van der Waals surface area contributed by atoms with E-state index in [1.807, 2.05) is 6.07 Å². The molecule has 0 radical (unpaired) electrons. The summed E-state index contributed by atoms with van der Waals surface area (Å²) in [4.78, 5) is 20.0. The second-order valence-electron chi connectivity index (χ2n) is 5.15. The second kappa shape index (κ2) is 4.40. The Morgan fingerprint density at radius 1 is 1.44 bits per heavy atom. The lowest BCUT2D eigenvalue weighted by atomic mass is 10.1. The van der Waals surface area contributed by atoms with Crippen molar-refractivity contribution >= 4 is 17.0 Å². The summed E-state index contributed by atoms with van der Waals surface area (Å²) in [6, 6.07) is 1.91. The summed E-state index contributed by atoms with van der Waals surface area (Å²) >= 11 is 0. The molecule has 5 heteroatoms. The highest BCUT2D eigenvalue weighted by Gasteiger charge is 2.22. The van der Waals surface area contributed by atoms with Crippen molar-refractivity contribution in [1.82, 2.24) is 14.5 Å². The molecule has 0 fully saturated rings. The summed E-state index contributed by atoms with van der Waals surface area (Å²) < 4.78 is 6.77. The van der Waals surface area contributed by atoms with Gasteiger partial charge in [0.2, 0.25) is 0 Å². The number of pyridine rings is 1. The SMILES string of the molecule is COC(=O)Cc1nc2cnccc2n1C(C)(C)C. The molecule has 2 rings (SSSR count). The van der Waals surface area contributed by atoms with Crippen LogP contribution in [0.25, 0.3) is 11.0 Å². The number of hydrogen-bond acceptors (Lipinski definition) is 4. The van der Waals surface area contributed by atoms with Crippen LogP contribution in [0.5, 0.6) is 0 Å². The Morgan fingerprint density at radius 3 is 2.78 bits per heavy atom. The fraction of sp³-hybridized carbons (Fsp3) is 0.462. The third-order valence-corrected chi connectivity index (χ3v) is 2.73. The van der Waals surface area contributed by atoms with Gasteiger partial charge in [0.05, 0.1) is 18.8 Å². The largest absolute Gasteiger partial charge is 0.469 e. The molecule has 96 valence electrons. The minimum Gasteiger partial charge on any atom is -0.469 e. The maximum Gasteiger partial charge on any atom is 0.313 e. The van der Waals surface area contributed by atoms with Gasteiger partial charge in [-0.2, -0.15) is 0 Å². The van der Waals surface area contributed by atoms with Gasteiger partial charge in [0.25, 0.3) is 0 Å². The van der Waals surface area contributed by atoms with Crippen molar-refractivity contribution in [3.8, 4) is 0 Å². The van der Waals surface area contributed by atoms with E-state index in [0.717, 1.165) is 11.0 Å². The smallest absolute Gasteiger partial charge is 0.313 e. The van der Waals surface area contributed by atoms with Crippen molar-refractivity contribution < 1.29 is 9.53 Å². The molecule has 0 amide bonds. The maximum atomic E-state index is 11.4. The standard InChI is InChI=1S/C13H17N3O2/c1-13(2,3)16-10-5-6-14-8-9(10)15-11(16)7-12(17)18-4/h5-6,8H,7H2,1-4H3. The zero-order chi connectivity index (χ0) is 13.3. The molecule has 0 spiro atoms. The number of rotatable bonds is 2. The highest BCUT2D eigenvalue weighted by atomic mass is 16.5. The van der Waals surface area contributed by atoms with E-state index in [1.54, 1.807) is 12.4 Å². The van der Waals surface area contributed by atoms with E-state index >= 15 is 0 Å². The molecule has 5 nitrogen and oxygen atoms in total. The number of esters is 1. The number of nitrogens with zero attached hydrogens (tertiary/aromatic N) is 3. The van der Waals surface area contributed by atoms with Crippen molar-refractivity contribution in [3.05, 3.63) is 24.3 Å². The first kappa shape index (κ1) is 12.5. The summed E-state index contributed by atoms with van der Waals surface area (Å²) in [5.74, 6) is 0.418. The number of aromatic nitrogens is 3. The third kappa shape index (κ3) is 2.20. The van der Waals surface area contributed by atoms with E-state index < -0.39 is 0 Å². The lowest BCUT2D eigenvalue weighted by Gasteiger charge is -2.24. The van der Waals surface area contributed by atoms with Crippen molar-refractivity contribution in [2.45, 2.75) is 32.7 Å². The van der Waals surface area contributed by atoms with Crippen LogP contribution >= 0.6 is 0 Å². The predicted molar refractivity (Wildman–Crippen MR) is 68.2 cm³/mol. The van der Waals surface area contributed by atoms with Crippen molar-refractivity contribution in [2.75, 3.05) is 7.11 Å². The van der Waals surface area contributed by atoms with Gasteiger partial charge in [-0.1, -0.05) is 0 Å². The fourth-order valence-corrected chi connectivity index (χ4v) is 2.05. The number of carbonyl (C=O) groups is 1. The lowest BCUT2D eigenvalue weighted by Crippen LogP contribution is -2.25. The molecule has 0 aromatic carbocycles. The van der Waals surface area contributed by atoms with Gasteiger partial charge in [-0.3, -0.25) is 9.78 Å². The summed E-state index contributed by atoms with van der Waals surface area (Å²) in [7, 11) is 1.38. The quantitative estimate of drug-likeness (QED) is 0.760. The van der Waals surface area contributed by atoms with Crippen LogP contribution < -0.4 is 0 Å². The van der Waals surface area contributed by atoms with Gasteiger partial charge in [-0.05, 0) is 26.8 Å². The number of hydrogen-bond donors (Lipinski definition) is 0. The van der Waals surface area contributed by atoms with Crippen molar-refractivity contribution in [3.63, 3.8) is 0 Å². The number of carbonyl (C=O) groups excluding carboxylic acids is 1. The van der Waals surface area contributed by atoms with Gasteiger partial charge in [0.15, 0.2) is 0 Å². The first-order valence-corrected chi connectivity index (χ1v) is 5.82. The van der Waals surface area contributed by atoms with Crippen LogP contribution in [0.4, 0.5) is 0 Å². The van der Waals surface area contributed by atoms with E-state index in [-0.39, 0.29) is 17.9 Å². The molecule has 0 bridgehead atoms. The van der Waals surface area contributed by atoms with E-state index in [1.165, 1.54) is 7.11 Å². The van der Waals surface area contributed by atoms with Crippen LogP contribution in [0.3, 0.4) is 0 Å². The third-order valence-electron chi connectivity index (χ3n) is 2.73. The van der Waals surface area contributed by atoms with Gasteiger partial charge in [-0.25, -0.2) is 4.98 Å². The highest BCUT2D eigenvalue weighted by molar-refractivity contribution is 5.78. The summed E-state index contributed by atoms with van der Waals surface area (Å²) in [5.41, 5.74) is 1.63. The Labute approximate surface area is 106 Å². The topological polar surface area (TPSA) is 57.0 Å². The first-order chi connectivity index (χ1) is 8.43.